The molecule has 1 fully saturated rings. The van der Waals surface area contributed by atoms with E-state index in [4.69, 9.17) is 5.73 Å². The molecule has 0 amide bonds. The normalized spacial score (nSPS) is 41.0. The topological polar surface area (TPSA) is 26.0 Å². The van der Waals surface area contributed by atoms with E-state index in [0.717, 1.165) is 18.4 Å². The van der Waals surface area contributed by atoms with Gasteiger partial charge in [0.1, 0.15) is 0 Å². The molecular weight excluding hydrogens is 290 g/mol. The van der Waals surface area contributed by atoms with Gasteiger partial charge in [0.15, 0.2) is 0 Å². The van der Waals surface area contributed by atoms with Gasteiger partial charge in [-0.3, -0.25) is 0 Å². The fourth-order valence-corrected chi connectivity index (χ4v) is 5.72. The van der Waals surface area contributed by atoms with Gasteiger partial charge in [0, 0.05) is 0 Å². The van der Waals surface area contributed by atoms with Crippen molar-refractivity contribution in [2.45, 2.75) is 66.2 Å². The summed E-state index contributed by atoms with van der Waals surface area (Å²) in [5.41, 5.74) is 10.4. The zero-order valence-corrected chi connectivity index (χ0v) is 15.6. The van der Waals surface area contributed by atoms with Gasteiger partial charge in [-0.25, -0.2) is 0 Å². The third kappa shape index (κ3) is 2.69. The molecule has 0 bridgehead atoms. The fraction of sp³-hybridized carbons (Fsp3) is 0.800. The number of halogens is 1. The number of rotatable bonds is 2. The van der Waals surface area contributed by atoms with Crippen molar-refractivity contribution in [1.29, 1.82) is 0 Å². The molecule has 0 spiro atoms. The first-order chi connectivity index (χ1) is 9.90. The average molecular weight is 324 g/mol. The molecule has 0 aliphatic heterocycles. The quantitative estimate of drug-likeness (QED) is 0.713. The van der Waals surface area contributed by atoms with Crippen molar-refractivity contribution in [3.63, 3.8) is 0 Å². The minimum Gasteiger partial charge on any atom is -0.330 e. The summed E-state index contributed by atoms with van der Waals surface area (Å²) < 4.78 is 0. The second-order valence-electron chi connectivity index (χ2n) is 8.68. The highest BCUT2D eigenvalue weighted by molar-refractivity contribution is 5.85. The Morgan fingerprint density at radius 3 is 2.64 bits per heavy atom. The van der Waals surface area contributed by atoms with Crippen LogP contribution in [-0.4, -0.2) is 6.54 Å². The predicted molar refractivity (Wildman–Crippen MR) is 98.2 cm³/mol. The number of hydrogen-bond donors (Lipinski definition) is 1. The third-order valence-electron chi connectivity index (χ3n) is 7.17. The standard InChI is InChI=1S/C20H33N.ClH/c1-14(2)15-6-8-17-16(12-15)7-9-18-19(3,13-21)10-5-11-20(17,18)4;/h7,12,14,17-18H,5-6,8-11,13,21H2,1-4H3;1H/t17-,18-,19-,20+;/m0./s1. The van der Waals surface area contributed by atoms with Crippen LogP contribution in [0.5, 0.6) is 0 Å². The zero-order valence-electron chi connectivity index (χ0n) is 14.8. The second kappa shape index (κ2) is 6.32. The zero-order chi connectivity index (χ0) is 15.3. The highest BCUT2D eigenvalue weighted by Gasteiger charge is 2.53. The Balaban J connectivity index is 0.00000176. The summed E-state index contributed by atoms with van der Waals surface area (Å²) >= 11 is 0. The summed E-state index contributed by atoms with van der Waals surface area (Å²) in [7, 11) is 0. The summed E-state index contributed by atoms with van der Waals surface area (Å²) in [6, 6.07) is 0. The predicted octanol–water partition coefficient (Wildman–Crippen LogP) is 5.50. The maximum absolute atomic E-state index is 6.20. The van der Waals surface area contributed by atoms with E-state index in [1.807, 2.05) is 0 Å². The van der Waals surface area contributed by atoms with E-state index in [1.165, 1.54) is 38.5 Å². The van der Waals surface area contributed by atoms with Crippen molar-refractivity contribution in [2.24, 2.45) is 34.3 Å². The molecule has 3 aliphatic rings. The molecule has 0 aromatic carbocycles. The Labute approximate surface area is 143 Å². The SMILES string of the molecule is CC(C)C1=CC2=CC[C@H]3[C@](C)(CN)CCC[C@]3(C)[C@H]2CC1.Cl. The molecule has 126 valence electrons. The fourth-order valence-electron chi connectivity index (χ4n) is 5.72. The molecule has 2 heteroatoms. The highest BCUT2D eigenvalue weighted by Crippen LogP contribution is 2.61. The lowest BCUT2D eigenvalue weighted by atomic mass is 9.47. The molecule has 0 unspecified atom stereocenters. The molecule has 0 heterocycles. The van der Waals surface area contributed by atoms with Crippen molar-refractivity contribution in [2.75, 3.05) is 6.54 Å². The molecule has 0 radical (unpaired) electrons. The minimum absolute atomic E-state index is 0. The highest BCUT2D eigenvalue weighted by atomic mass is 35.5. The first-order valence-corrected chi connectivity index (χ1v) is 9.01. The molecule has 4 atom stereocenters. The second-order valence-corrected chi connectivity index (χ2v) is 8.68. The number of fused-ring (bicyclic) bond motifs is 3. The lowest BCUT2D eigenvalue weighted by Crippen LogP contribution is -2.52. The van der Waals surface area contributed by atoms with E-state index in [2.05, 4.69) is 39.8 Å². The average Bonchev–Trinajstić information content (AvgIpc) is 2.46. The lowest BCUT2D eigenvalue weighted by molar-refractivity contribution is -0.0438. The van der Waals surface area contributed by atoms with Crippen LogP contribution < -0.4 is 5.73 Å². The summed E-state index contributed by atoms with van der Waals surface area (Å²) in [5, 5.41) is 0. The minimum atomic E-state index is 0. The van der Waals surface area contributed by atoms with Crippen molar-refractivity contribution >= 4 is 12.4 Å². The van der Waals surface area contributed by atoms with Crippen LogP contribution in [0.2, 0.25) is 0 Å². The van der Waals surface area contributed by atoms with Crippen molar-refractivity contribution in [3.8, 4) is 0 Å². The van der Waals surface area contributed by atoms with E-state index < -0.39 is 0 Å². The maximum Gasteiger partial charge on any atom is -0.00202 e. The molecule has 3 aliphatic carbocycles. The molecule has 1 saturated carbocycles. The Morgan fingerprint density at radius 1 is 1.27 bits per heavy atom. The Kier molecular flexibility index (Phi) is 5.19. The van der Waals surface area contributed by atoms with Crippen molar-refractivity contribution in [3.05, 3.63) is 23.3 Å². The van der Waals surface area contributed by atoms with E-state index in [9.17, 15) is 0 Å². The van der Waals surface area contributed by atoms with Crippen LogP contribution in [0.1, 0.15) is 66.2 Å². The van der Waals surface area contributed by atoms with Crippen LogP contribution in [-0.2, 0) is 0 Å². The van der Waals surface area contributed by atoms with Crippen molar-refractivity contribution < 1.29 is 0 Å². The summed E-state index contributed by atoms with van der Waals surface area (Å²) in [5.74, 6) is 2.27. The molecule has 3 rings (SSSR count). The Bertz CT molecular complexity index is 478. The van der Waals surface area contributed by atoms with Gasteiger partial charge in [0.2, 0.25) is 0 Å². The van der Waals surface area contributed by atoms with Crippen molar-refractivity contribution in [1.82, 2.24) is 0 Å². The molecule has 0 saturated heterocycles. The first-order valence-electron chi connectivity index (χ1n) is 9.01. The van der Waals surface area contributed by atoms with Crippen LogP contribution in [0.4, 0.5) is 0 Å². The van der Waals surface area contributed by atoms with Crippen LogP contribution in [0.25, 0.3) is 0 Å². The molecular formula is C20H34ClN. The van der Waals surface area contributed by atoms with Crippen LogP contribution in [0.15, 0.2) is 23.3 Å². The maximum atomic E-state index is 6.20. The number of allylic oxidation sites excluding steroid dienone is 4. The van der Waals surface area contributed by atoms with E-state index in [-0.39, 0.29) is 12.4 Å². The monoisotopic (exact) mass is 323 g/mol. The van der Waals surface area contributed by atoms with E-state index >= 15 is 0 Å². The number of nitrogens with two attached hydrogens (primary N) is 1. The van der Waals surface area contributed by atoms with Crippen LogP contribution in [0, 0.1) is 28.6 Å². The Morgan fingerprint density at radius 2 is 2.00 bits per heavy atom. The van der Waals surface area contributed by atoms with Gasteiger partial charge < -0.3 is 5.73 Å². The van der Waals surface area contributed by atoms with Gasteiger partial charge in [-0.2, -0.15) is 0 Å². The van der Waals surface area contributed by atoms with Gasteiger partial charge in [-0.1, -0.05) is 51.8 Å². The van der Waals surface area contributed by atoms with Gasteiger partial charge in [-0.15, -0.1) is 12.4 Å². The first kappa shape index (κ1) is 18.1. The molecule has 1 nitrogen and oxygen atoms in total. The molecule has 0 aromatic rings. The number of hydrogen-bond acceptors (Lipinski definition) is 1. The lowest BCUT2D eigenvalue weighted by Gasteiger charge is -2.58. The van der Waals surface area contributed by atoms with E-state index in [0.29, 0.717) is 16.7 Å². The van der Waals surface area contributed by atoms with Gasteiger partial charge in [-0.05, 0) is 72.8 Å². The summed E-state index contributed by atoms with van der Waals surface area (Å²) in [6.45, 7) is 10.6. The van der Waals surface area contributed by atoms with Crippen LogP contribution in [0.3, 0.4) is 0 Å². The van der Waals surface area contributed by atoms with Gasteiger partial charge in [0.05, 0.1) is 0 Å². The van der Waals surface area contributed by atoms with Gasteiger partial charge in [0.25, 0.3) is 0 Å². The van der Waals surface area contributed by atoms with Gasteiger partial charge >= 0.3 is 0 Å². The molecule has 22 heavy (non-hydrogen) atoms. The summed E-state index contributed by atoms with van der Waals surface area (Å²) in [4.78, 5) is 0. The smallest absolute Gasteiger partial charge is 0.00202 e. The van der Waals surface area contributed by atoms with E-state index in [1.54, 1.807) is 11.1 Å². The molecule has 0 aromatic heterocycles. The van der Waals surface area contributed by atoms with Crippen LogP contribution >= 0.6 is 12.4 Å². The summed E-state index contributed by atoms with van der Waals surface area (Å²) in [6.07, 6.45) is 13.1. The largest absolute Gasteiger partial charge is 0.330 e. The Hall–Kier alpha value is -0.270. The molecule has 2 N–H and O–H groups in total. The third-order valence-corrected chi connectivity index (χ3v) is 7.17.